The molecule has 0 rings (SSSR count). The lowest BCUT2D eigenvalue weighted by Crippen LogP contribution is -2.43. The number of carbonyl (C=O) groups is 1. The van der Waals surface area contributed by atoms with Crippen molar-refractivity contribution in [3.8, 4) is 0 Å². The van der Waals surface area contributed by atoms with Gasteiger partial charge in [-0.2, -0.15) is 0 Å². The first-order chi connectivity index (χ1) is 9.18. The van der Waals surface area contributed by atoms with Gasteiger partial charge in [0.1, 0.15) is 0 Å². The lowest BCUT2D eigenvalue weighted by Gasteiger charge is -2.27. The van der Waals surface area contributed by atoms with E-state index in [9.17, 15) is 9.90 Å². The third-order valence-electron chi connectivity index (χ3n) is 3.88. The Morgan fingerprint density at radius 3 is 2.10 bits per heavy atom. The Kier molecular flexibility index (Phi) is 9.06. The van der Waals surface area contributed by atoms with E-state index in [0.29, 0.717) is 12.3 Å². The summed E-state index contributed by atoms with van der Waals surface area (Å²) in [5.41, 5.74) is 6.01. The van der Waals surface area contributed by atoms with Gasteiger partial charge in [-0.1, -0.05) is 34.6 Å². The minimum Gasteiger partial charge on any atom is -0.391 e. The minimum absolute atomic E-state index is 0.0325. The number of hydrogen-bond donors (Lipinski definition) is 3. The maximum Gasteiger partial charge on any atom is 0.223 e. The van der Waals surface area contributed by atoms with Crippen molar-refractivity contribution in [1.82, 2.24) is 5.32 Å². The van der Waals surface area contributed by atoms with Crippen LogP contribution in [0.4, 0.5) is 0 Å². The highest BCUT2D eigenvalue weighted by molar-refractivity contribution is 5.79. The van der Waals surface area contributed by atoms with Crippen LogP contribution in [0.5, 0.6) is 0 Å². The summed E-state index contributed by atoms with van der Waals surface area (Å²) in [6.45, 7) is 12.2. The van der Waals surface area contributed by atoms with Gasteiger partial charge in [0, 0.05) is 18.0 Å². The molecule has 2 unspecified atom stereocenters. The molecule has 0 saturated carbocycles. The van der Waals surface area contributed by atoms with E-state index >= 15 is 0 Å². The van der Waals surface area contributed by atoms with E-state index in [-0.39, 0.29) is 29.8 Å². The molecule has 4 nitrogen and oxygen atoms in total. The Morgan fingerprint density at radius 2 is 1.70 bits per heavy atom. The molecule has 0 aliphatic carbocycles. The summed E-state index contributed by atoms with van der Waals surface area (Å²) in [5, 5.41) is 13.2. The van der Waals surface area contributed by atoms with Gasteiger partial charge in [-0.25, -0.2) is 0 Å². The van der Waals surface area contributed by atoms with Gasteiger partial charge in [0.2, 0.25) is 5.91 Å². The van der Waals surface area contributed by atoms with Gasteiger partial charge in [0.05, 0.1) is 6.10 Å². The molecule has 0 aromatic carbocycles. The van der Waals surface area contributed by atoms with Crippen LogP contribution >= 0.6 is 0 Å². The van der Waals surface area contributed by atoms with Gasteiger partial charge >= 0.3 is 0 Å². The molecule has 4 atom stereocenters. The molecule has 0 aliphatic rings. The fraction of sp³-hybridized carbons (Fsp3) is 0.938. The summed E-state index contributed by atoms with van der Waals surface area (Å²) in [6.07, 6.45) is 1.51. The molecular formula is C16H34N2O2. The van der Waals surface area contributed by atoms with Crippen molar-refractivity contribution in [2.75, 3.05) is 0 Å². The molecular weight excluding hydrogens is 252 g/mol. The van der Waals surface area contributed by atoms with Gasteiger partial charge in [-0.3, -0.25) is 4.79 Å². The van der Waals surface area contributed by atoms with E-state index in [4.69, 9.17) is 5.73 Å². The smallest absolute Gasteiger partial charge is 0.223 e. The third kappa shape index (κ3) is 7.25. The lowest BCUT2D eigenvalue weighted by atomic mass is 9.85. The molecule has 0 fully saturated rings. The van der Waals surface area contributed by atoms with E-state index in [2.05, 4.69) is 19.2 Å². The highest BCUT2D eigenvalue weighted by Crippen LogP contribution is 2.21. The molecule has 4 N–H and O–H groups in total. The summed E-state index contributed by atoms with van der Waals surface area (Å²) in [4.78, 5) is 12.3. The largest absolute Gasteiger partial charge is 0.391 e. The fourth-order valence-electron chi connectivity index (χ4n) is 2.27. The van der Waals surface area contributed by atoms with Crippen molar-refractivity contribution < 1.29 is 9.90 Å². The minimum atomic E-state index is -0.618. The number of carbonyl (C=O) groups excluding carboxylic acids is 1. The first kappa shape index (κ1) is 19.4. The second-order valence-electron chi connectivity index (χ2n) is 6.76. The van der Waals surface area contributed by atoms with Crippen LogP contribution in [0.15, 0.2) is 0 Å². The SMILES string of the molecule is CCC(C)NC(=O)[C@@H](C[C@H](O)C(N)CC(C)C)C(C)C. The number of nitrogens with one attached hydrogen (secondary N) is 1. The Labute approximate surface area is 124 Å². The monoisotopic (exact) mass is 286 g/mol. The zero-order valence-electron chi connectivity index (χ0n) is 14.0. The zero-order valence-corrected chi connectivity index (χ0v) is 14.0. The van der Waals surface area contributed by atoms with Crippen LogP contribution in [0.1, 0.15) is 60.8 Å². The number of hydrogen-bond acceptors (Lipinski definition) is 3. The maximum absolute atomic E-state index is 12.3. The molecule has 0 radical (unpaired) electrons. The highest BCUT2D eigenvalue weighted by Gasteiger charge is 2.28. The second kappa shape index (κ2) is 9.35. The molecule has 120 valence electrons. The summed E-state index contributed by atoms with van der Waals surface area (Å²) in [5.74, 6) is 0.494. The Morgan fingerprint density at radius 1 is 1.15 bits per heavy atom. The molecule has 0 aromatic rings. The first-order valence-electron chi connectivity index (χ1n) is 7.92. The molecule has 0 saturated heterocycles. The van der Waals surface area contributed by atoms with Crippen molar-refractivity contribution in [3.63, 3.8) is 0 Å². The van der Waals surface area contributed by atoms with Gasteiger partial charge in [-0.05, 0) is 38.0 Å². The second-order valence-corrected chi connectivity index (χ2v) is 6.76. The van der Waals surface area contributed by atoms with Gasteiger partial charge in [0.25, 0.3) is 0 Å². The third-order valence-corrected chi connectivity index (χ3v) is 3.88. The zero-order chi connectivity index (χ0) is 15.9. The number of aliphatic hydroxyl groups excluding tert-OH is 1. The van der Waals surface area contributed by atoms with E-state index in [0.717, 1.165) is 12.8 Å². The topological polar surface area (TPSA) is 75.3 Å². The van der Waals surface area contributed by atoms with E-state index in [1.807, 2.05) is 27.7 Å². The molecule has 0 aromatic heterocycles. The number of rotatable bonds is 9. The predicted octanol–water partition coefficient (Wildman–Crippen LogP) is 2.30. The number of amides is 1. The average Bonchev–Trinajstić information content (AvgIpc) is 2.33. The molecule has 0 heterocycles. The summed E-state index contributed by atoms with van der Waals surface area (Å²) in [6, 6.07) is -0.0853. The fourth-order valence-corrected chi connectivity index (χ4v) is 2.27. The first-order valence-corrected chi connectivity index (χ1v) is 7.92. The van der Waals surface area contributed by atoms with Crippen LogP contribution in [0.25, 0.3) is 0 Å². The van der Waals surface area contributed by atoms with Crippen molar-refractivity contribution in [2.45, 2.75) is 79.0 Å². The van der Waals surface area contributed by atoms with Crippen molar-refractivity contribution in [2.24, 2.45) is 23.5 Å². The van der Waals surface area contributed by atoms with Gasteiger partial charge < -0.3 is 16.2 Å². The maximum atomic E-state index is 12.3. The van der Waals surface area contributed by atoms with E-state index in [1.54, 1.807) is 0 Å². The molecule has 1 amide bonds. The van der Waals surface area contributed by atoms with Crippen LogP contribution in [-0.4, -0.2) is 29.2 Å². The molecule has 0 bridgehead atoms. The van der Waals surface area contributed by atoms with E-state index < -0.39 is 6.10 Å². The lowest BCUT2D eigenvalue weighted by molar-refractivity contribution is -0.128. The standard InChI is InChI=1S/C16H34N2O2/c1-7-12(6)18-16(20)13(11(4)5)9-15(19)14(17)8-10(2)3/h10-15,19H,7-9,17H2,1-6H3,(H,18,20)/t12?,13-,14?,15-/m0/s1. The number of aliphatic hydroxyl groups is 1. The van der Waals surface area contributed by atoms with Gasteiger partial charge in [0.15, 0.2) is 0 Å². The normalized spacial score (nSPS) is 17.9. The average molecular weight is 286 g/mol. The predicted molar refractivity (Wildman–Crippen MR) is 84.3 cm³/mol. The van der Waals surface area contributed by atoms with Crippen molar-refractivity contribution >= 4 is 5.91 Å². The van der Waals surface area contributed by atoms with Crippen molar-refractivity contribution in [3.05, 3.63) is 0 Å². The molecule has 4 heteroatoms. The summed E-state index contributed by atoms with van der Waals surface area (Å²) in [7, 11) is 0. The summed E-state index contributed by atoms with van der Waals surface area (Å²) >= 11 is 0. The summed E-state index contributed by atoms with van der Waals surface area (Å²) < 4.78 is 0. The van der Waals surface area contributed by atoms with Crippen LogP contribution in [0, 0.1) is 17.8 Å². The number of nitrogens with two attached hydrogens (primary N) is 1. The Hall–Kier alpha value is -0.610. The van der Waals surface area contributed by atoms with Crippen molar-refractivity contribution in [1.29, 1.82) is 0 Å². The quantitative estimate of drug-likeness (QED) is 0.609. The van der Waals surface area contributed by atoms with E-state index in [1.165, 1.54) is 0 Å². The Bertz CT molecular complexity index is 280. The molecule has 0 spiro atoms. The molecule has 20 heavy (non-hydrogen) atoms. The Balaban J connectivity index is 4.57. The van der Waals surface area contributed by atoms with Crippen LogP contribution in [0.3, 0.4) is 0 Å². The van der Waals surface area contributed by atoms with Crippen LogP contribution < -0.4 is 11.1 Å². The molecule has 0 aliphatic heterocycles. The van der Waals surface area contributed by atoms with Crippen LogP contribution in [0.2, 0.25) is 0 Å². The van der Waals surface area contributed by atoms with Gasteiger partial charge in [-0.15, -0.1) is 0 Å². The van der Waals surface area contributed by atoms with Crippen LogP contribution in [-0.2, 0) is 4.79 Å². The highest BCUT2D eigenvalue weighted by atomic mass is 16.3.